The largest absolute Gasteiger partial charge is 0.497 e. The molecule has 3 rings (SSSR count). The van der Waals surface area contributed by atoms with Gasteiger partial charge in [0.1, 0.15) is 24.2 Å². The van der Waals surface area contributed by atoms with Crippen molar-refractivity contribution in [2.45, 2.75) is 38.2 Å². The van der Waals surface area contributed by atoms with Gasteiger partial charge in [-0.2, -0.15) is 0 Å². The lowest BCUT2D eigenvalue weighted by Crippen LogP contribution is -2.38. The summed E-state index contributed by atoms with van der Waals surface area (Å²) in [7, 11) is 1.68. The van der Waals surface area contributed by atoms with Crippen molar-refractivity contribution in [3.8, 4) is 11.5 Å². The molecule has 1 atom stereocenters. The van der Waals surface area contributed by atoms with E-state index in [1.54, 1.807) is 7.11 Å². The van der Waals surface area contributed by atoms with Crippen molar-refractivity contribution < 1.29 is 14.6 Å². The van der Waals surface area contributed by atoms with Gasteiger partial charge in [0, 0.05) is 6.54 Å². The van der Waals surface area contributed by atoms with E-state index in [4.69, 9.17) is 9.47 Å². The third-order valence-corrected chi connectivity index (χ3v) is 5.16. The fourth-order valence-corrected chi connectivity index (χ4v) is 3.60. The number of aliphatic hydroxyl groups is 1. The van der Waals surface area contributed by atoms with Crippen LogP contribution >= 0.6 is 0 Å². The van der Waals surface area contributed by atoms with Gasteiger partial charge in [0.25, 0.3) is 0 Å². The molecule has 146 valence electrons. The van der Waals surface area contributed by atoms with Gasteiger partial charge in [-0.05, 0) is 68.1 Å². The molecule has 1 aliphatic heterocycles. The number of methoxy groups -OCH3 is 1. The van der Waals surface area contributed by atoms with E-state index in [2.05, 4.69) is 23.1 Å². The number of aliphatic hydroxyl groups excluding tert-OH is 1. The number of nitrogens with zero attached hydrogens (tertiary/aromatic N) is 1. The molecule has 27 heavy (non-hydrogen) atoms. The van der Waals surface area contributed by atoms with E-state index in [-0.39, 0.29) is 0 Å². The second kappa shape index (κ2) is 10.3. The molecule has 0 amide bonds. The Morgan fingerprint density at radius 3 is 2.44 bits per heavy atom. The van der Waals surface area contributed by atoms with Gasteiger partial charge in [-0.3, -0.25) is 0 Å². The fourth-order valence-electron chi connectivity index (χ4n) is 3.60. The van der Waals surface area contributed by atoms with Crippen molar-refractivity contribution in [2.75, 3.05) is 33.4 Å². The van der Waals surface area contributed by atoms with Gasteiger partial charge in [-0.15, -0.1) is 0 Å². The topological polar surface area (TPSA) is 41.9 Å². The Morgan fingerprint density at radius 1 is 0.963 bits per heavy atom. The Hall–Kier alpha value is -2.04. The molecule has 1 saturated heterocycles. The van der Waals surface area contributed by atoms with Crippen LogP contribution < -0.4 is 9.47 Å². The van der Waals surface area contributed by atoms with Crippen LogP contribution in [0.2, 0.25) is 0 Å². The predicted molar refractivity (Wildman–Crippen MR) is 109 cm³/mol. The molecule has 0 aliphatic carbocycles. The molecule has 4 heteroatoms. The minimum Gasteiger partial charge on any atom is -0.497 e. The van der Waals surface area contributed by atoms with Crippen LogP contribution in [0.4, 0.5) is 0 Å². The lowest BCUT2D eigenvalue weighted by Gasteiger charge is -2.28. The zero-order chi connectivity index (χ0) is 18.9. The highest BCUT2D eigenvalue weighted by Crippen LogP contribution is 2.21. The highest BCUT2D eigenvalue weighted by atomic mass is 16.5. The van der Waals surface area contributed by atoms with Crippen molar-refractivity contribution >= 4 is 0 Å². The molecule has 0 saturated carbocycles. The summed E-state index contributed by atoms with van der Waals surface area (Å²) in [6.45, 7) is 3.23. The van der Waals surface area contributed by atoms with Crippen LogP contribution in [0.15, 0.2) is 48.5 Å². The molecule has 2 aromatic carbocycles. The molecule has 1 aliphatic rings. The van der Waals surface area contributed by atoms with E-state index < -0.39 is 6.10 Å². The molecule has 1 N–H and O–H groups in total. The molecule has 1 heterocycles. The first kappa shape index (κ1) is 19.7. The Morgan fingerprint density at radius 2 is 1.70 bits per heavy atom. The number of benzene rings is 2. The summed E-state index contributed by atoms with van der Waals surface area (Å²) >= 11 is 0. The normalized spacial score (nSPS) is 16.1. The fraction of sp³-hybridized carbons (Fsp3) is 0.478. The van der Waals surface area contributed by atoms with Gasteiger partial charge in [0.05, 0.1) is 7.11 Å². The number of piperidine rings is 1. The number of β-amino-alcohol motifs (C(OH)–C–C–N with tert-alkyl or cyclic N) is 1. The number of aryl methyl sites for hydroxylation is 2. The van der Waals surface area contributed by atoms with Crippen molar-refractivity contribution in [1.29, 1.82) is 0 Å². The lowest BCUT2D eigenvalue weighted by atomic mass is 10.0. The Kier molecular flexibility index (Phi) is 7.55. The van der Waals surface area contributed by atoms with E-state index in [1.807, 2.05) is 30.3 Å². The van der Waals surface area contributed by atoms with Crippen molar-refractivity contribution in [3.05, 3.63) is 59.7 Å². The third-order valence-electron chi connectivity index (χ3n) is 5.16. The third kappa shape index (κ3) is 6.26. The Balaban J connectivity index is 1.50. The van der Waals surface area contributed by atoms with Gasteiger partial charge in [-0.1, -0.05) is 36.8 Å². The first-order chi connectivity index (χ1) is 13.2. The molecule has 0 radical (unpaired) electrons. The number of hydrogen-bond acceptors (Lipinski definition) is 4. The van der Waals surface area contributed by atoms with Crippen LogP contribution in [0, 0.1) is 0 Å². The second-order valence-electron chi connectivity index (χ2n) is 7.28. The number of ether oxygens (including phenoxy) is 2. The standard InChI is InChI=1S/C23H31NO3/c1-26-22-13-10-19(11-14-22)9-12-20-7-3-4-8-23(20)27-18-21(25)17-24-15-5-2-6-16-24/h3-4,7-8,10-11,13-14,21,25H,2,5-6,9,12,15-18H2,1H3. The van der Waals surface area contributed by atoms with Crippen LogP contribution in [0.25, 0.3) is 0 Å². The van der Waals surface area contributed by atoms with Gasteiger partial charge in [0.15, 0.2) is 0 Å². The Bertz CT molecular complexity index is 680. The van der Waals surface area contributed by atoms with Crippen LogP contribution in [0.1, 0.15) is 30.4 Å². The molecule has 2 aromatic rings. The summed E-state index contributed by atoms with van der Waals surface area (Å²) in [6.07, 6.45) is 5.19. The summed E-state index contributed by atoms with van der Waals surface area (Å²) in [6, 6.07) is 16.3. The maximum Gasteiger partial charge on any atom is 0.122 e. The average molecular weight is 370 g/mol. The number of hydrogen-bond donors (Lipinski definition) is 1. The van der Waals surface area contributed by atoms with E-state index in [0.717, 1.165) is 37.4 Å². The van der Waals surface area contributed by atoms with E-state index >= 15 is 0 Å². The van der Waals surface area contributed by atoms with Crippen molar-refractivity contribution in [2.24, 2.45) is 0 Å². The zero-order valence-electron chi connectivity index (χ0n) is 16.3. The molecular weight excluding hydrogens is 338 g/mol. The van der Waals surface area contributed by atoms with Gasteiger partial charge >= 0.3 is 0 Å². The molecular formula is C23H31NO3. The lowest BCUT2D eigenvalue weighted by molar-refractivity contribution is 0.0614. The van der Waals surface area contributed by atoms with Crippen LogP contribution in [0.5, 0.6) is 11.5 Å². The van der Waals surface area contributed by atoms with E-state index in [0.29, 0.717) is 13.2 Å². The zero-order valence-corrected chi connectivity index (χ0v) is 16.3. The first-order valence-electron chi connectivity index (χ1n) is 9.98. The minimum absolute atomic E-state index is 0.343. The molecule has 1 unspecified atom stereocenters. The summed E-state index contributed by atoms with van der Waals surface area (Å²) < 4.78 is 11.2. The minimum atomic E-state index is -0.447. The first-order valence-corrected chi connectivity index (χ1v) is 9.98. The second-order valence-corrected chi connectivity index (χ2v) is 7.28. The van der Waals surface area contributed by atoms with Crippen LogP contribution in [0.3, 0.4) is 0 Å². The molecule has 4 nitrogen and oxygen atoms in total. The average Bonchev–Trinajstić information content (AvgIpc) is 2.72. The summed E-state index contributed by atoms with van der Waals surface area (Å²) in [4.78, 5) is 2.34. The number of likely N-dealkylation sites (tertiary alicyclic amines) is 1. The van der Waals surface area contributed by atoms with Crippen LogP contribution in [-0.4, -0.2) is 49.5 Å². The van der Waals surface area contributed by atoms with Gasteiger partial charge in [-0.25, -0.2) is 0 Å². The maximum atomic E-state index is 10.3. The molecule has 0 aromatic heterocycles. The monoisotopic (exact) mass is 369 g/mol. The summed E-state index contributed by atoms with van der Waals surface area (Å²) in [5.74, 6) is 1.76. The van der Waals surface area contributed by atoms with Gasteiger partial charge in [0.2, 0.25) is 0 Å². The molecule has 0 spiro atoms. The number of para-hydroxylation sites is 1. The van der Waals surface area contributed by atoms with Crippen LogP contribution in [-0.2, 0) is 12.8 Å². The van der Waals surface area contributed by atoms with Crippen molar-refractivity contribution in [1.82, 2.24) is 4.90 Å². The highest BCUT2D eigenvalue weighted by molar-refractivity contribution is 5.35. The predicted octanol–water partition coefficient (Wildman–Crippen LogP) is 3.71. The van der Waals surface area contributed by atoms with E-state index in [9.17, 15) is 5.11 Å². The highest BCUT2D eigenvalue weighted by Gasteiger charge is 2.15. The number of rotatable bonds is 9. The smallest absolute Gasteiger partial charge is 0.122 e. The van der Waals surface area contributed by atoms with Crippen molar-refractivity contribution in [3.63, 3.8) is 0 Å². The molecule has 1 fully saturated rings. The van der Waals surface area contributed by atoms with Gasteiger partial charge < -0.3 is 19.5 Å². The summed E-state index contributed by atoms with van der Waals surface area (Å²) in [5.41, 5.74) is 2.45. The Labute approximate surface area is 162 Å². The molecule has 0 bridgehead atoms. The SMILES string of the molecule is COc1ccc(CCc2ccccc2OCC(O)CN2CCCCC2)cc1. The maximum absolute atomic E-state index is 10.3. The van der Waals surface area contributed by atoms with E-state index in [1.165, 1.54) is 30.4 Å². The quantitative estimate of drug-likeness (QED) is 0.732. The summed E-state index contributed by atoms with van der Waals surface area (Å²) in [5, 5.41) is 10.3.